The van der Waals surface area contributed by atoms with Gasteiger partial charge in [0.1, 0.15) is 0 Å². The van der Waals surface area contributed by atoms with Crippen molar-refractivity contribution >= 4 is 5.78 Å². The van der Waals surface area contributed by atoms with E-state index >= 15 is 0 Å². The summed E-state index contributed by atoms with van der Waals surface area (Å²) in [7, 11) is 0. The Labute approximate surface area is 64.7 Å². The molecule has 0 radical (unpaired) electrons. The average Bonchev–Trinajstić information content (AvgIpc) is 2.36. The summed E-state index contributed by atoms with van der Waals surface area (Å²) in [4.78, 5) is 10.9. The Kier molecular flexibility index (Phi) is 1.93. The van der Waals surface area contributed by atoms with Crippen molar-refractivity contribution in [3.05, 3.63) is 24.8 Å². The Balaban J connectivity index is 2.77. The summed E-state index contributed by atoms with van der Waals surface area (Å²) in [6, 6.07) is 0. The molecule has 1 aliphatic carbocycles. The first-order valence-electron chi connectivity index (χ1n) is 3.36. The van der Waals surface area contributed by atoms with Crippen molar-refractivity contribution in [2.75, 3.05) is 0 Å². The van der Waals surface area contributed by atoms with Gasteiger partial charge in [0.05, 0.1) is 5.92 Å². The summed E-state index contributed by atoms with van der Waals surface area (Å²) in [5, 5.41) is 18.3. The molecule has 0 amide bonds. The minimum Gasteiger partial charge on any atom is -0.362 e. The highest BCUT2D eigenvalue weighted by atomic mass is 16.5. The lowest BCUT2D eigenvalue weighted by Gasteiger charge is -2.22. The molecule has 11 heavy (non-hydrogen) atoms. The van der Waals surface area contributed by atoms with Crippen LogP contribution < -0.4 is 0 Å². The summed E-state index contributed by atoms with van der Waals surface area (Å²) in [6.45, 7) is 3.23. The van der Waals surface area contributed by atoms with Gasteiger partial charge in [-0.15, -0.1) is 0 Å². The van der Waals surface area contributed by atoms with Crippen LogP contribution in [0.15, 0.2) is 24.8 Å². The van der Waals surface area contributed by atoms with Crippen LogP contribution in [0.5, 0.6) is 0 Å². The first kappa shape index (κ1) is 8.17. The van der Waals surface area contributed by atoms with Gasteiger partial charge in [0.2, 0.25) is 0 Å². The molecule has 0 heterocycles. The van der Waals surface area contributed by atoms with Crippen LogP contribution >= 0.6 is 0 Å². The zero-order valence-corrected chi connectivity index (χ0v) is 6.03. The first-order chi connectivity index (χ1) is 5.08. The van der Waals surface area contributed by atoms with E-state index in [2.05, 4.69) is 6.58 Å². The van der Waals surface area contributed by atoms with Crippen molar-refractivity contribution in [3.63, 3.8) is 0 Å². The lowest BCUT2D eigenvalue weighted by molar-refractivity contribution is -0.165. The van der Waals surface area contributed by atoms with Gasteiger partial charge >= 0.3 is 0 Å². The molecule has 0 saturated heterocycles. The summed E-state index contributed by atoms with van der Waals surface area (Å²) in [5.74, 6) is -3.07. The second-order valence-corrected chi connectivity index (χ2v) is 2.58. The van der Waals surface area contributed by atoms with E-state index in [9.17, 15) is 15.0 Å². The fourth-order valence-corrected chi connectivity index (χ4v) is 1.08. The molecule has 0 aromatic rings. The van der Waals surface area contributed by atoms with Gasteiger partial charge in [-0.1, -0.05) is 12.7 Å². The average molecular weight is 154 g/mol. The SMILES string of the molecule is C=CC(O)(O)C1CC=CC1=O. The van der Waals surface area contributed by atoms with Gasteiger partial charge in [0, 0.05) is 0 Å². The fraction of sp³-hybridized carbons (Fsp3) is 0.375. The predicted molar refractivity (Wildman–Crippen MR) is 39.6 cm³/mol. The first-order valence-corrected chi connectivity index (χ1v) is 3.36. The molecule has 0 spiro atoms. The van der Waals surface area contributed by atoms with Crippen LogP contribution in [0.1, 0.15) is 6.42 Å². The van der Waals surface area contributed by atoms with Crippen molar-refractivity contribution in [2.45, 2.75) is 12.2 Å². The van der Waals surface area contributed by atoms with Crippen LogP contribution in [0.3, 0.4) is 0 Å². The third-order valence-electron chi connectivity index (χ3n) is 1.81. The lowest BCUT2D eigenvalue weighted by Crippen LogP contribution is -2.37. The molecular weight excluding hydrogens is 144 g/mol. The second kappa shape index (κ2) is 2.60. The maximum Gasteiger partial charge on any atom is 0.193 e. The van der Waals surface area contributed by atoms with Crippen LogP contribution in [0, 0.1) is 5.92 Å². The Morgan fingerprint density at radius 3 is 2.73 bits per heavy atom. The molecule has 1 aliphatic rings. The van der Waals surface area contributed by atoms with Crippen LogP contribution in [-0.2, 0) is 4.79 Å². The highest BCUT2D eigenvalue weighted by Crippen LogP contribution is 2.25. The molecule has 0 aromatic heterocycles. The van der Waals surface area contributed by atoms with Crippen molar-refractivity contribution in [2.24, 2.45) is 5.92 Å². The maximum absolute atomic E-state index is 10.9. The molecule has 60 valence electrons. The van der Waals surface area contributed by atoms with Crippen molar-refractivity contribution in [1.82, 2.24) is 0 Å². The number of ketones is 1. The molecule has 0 saturated carbocycles. The number of aliphatic hydroxyl groups is 2. The zero-order valence-electron chi connectivity index (χ0n) is 6.03. The monoisotopic (exact) mass is 154 g/mol. The van der Waals surface area contributed by atoms with Crippen molar-refractivity contribution in [3.8, 4) is 0 Å². The topological polar surface area (TPSA) is 57.5 Å². The molecule has 2 N–H and O–H groups in total. The minimum atomic E-state index is -2.05. The van der Waals surface area contributed by atoms with Gasteiger partial charge in [-0.3, -0.25) is 4.79 Å². The Morgan fingerprint density at radius 2 is 2.36 bits per heavy atom. The molecule has 1 rings (SSSR count). The third kappa shape index (κ3) is 1.39. The Hall–Kier alpha value is -0.930. The highest BCUT2D eigenvalue weighted by molar-refractivity contribution is 5.94. The predicted octanol–water partition coefficient (Wildman–Crippen LogP) is -0.00150. The van der Waals surface area contributed by atoms with Gasteiger partial charge in [-0.05, 0) is 18.6 Å². The molecule has 1 unspecified atom stereocenters. The molecule has 3 heteroatoms. The quantitative estimate of drug-likeness (QED) is 0.434. The lowest BCUT2D eigenvalue weighted by atomic mass is 9.95. The van der Waals surface area contributed by atoms with Crippen LogP contribution in [0.4, 0.5) is 0 Å². The summed E-state index contributed by atoms with van der Waals surface area (Å²) in [5.41, 5.74) is 0. The molecule has 0 fully saturated rings. The van der Waals surface area contributed by atoms with E-state index in [0.717, 1.165) is 6.08 Å². The number of carbonyl (C=O) groups excluding carboxylic acids is 1. The van der Waals surface area contributed by atoms with Crippen molar-refractivity contribution in [1.29, 1.82) is 0 Å². The summed E-state index contributed by atoms with van der Waals surface area (Å²) < 4.78 is 0. The summed E-state index contributed by atoms with van der Waals surface area (Å²) in [6.07, 6.45) is 4.33. The van der Waals surface area contributed by atoms with E-state index in [1.54, 1.807) is 6.08 Å². The minimum absolute atomic E-state index is 0.255. The van der Waals surface area contributed by atoms with E-state index in [1.165, 1.54) is 6.08 Å². The van der Waals surface area contributed by atoms with Gasteiger partial charge in [0.25, 0.3) is 0 Å². The zero-order chi connectivity index (χ0) is 8.48. The Bertz CT molecular complexity index is 215. The Morgan fingerprint density at radius 1 is 1.73 bits per heavy atom. The van der Waals surface area contributed by atoms with E-state index in [0.29, 0.717) is 6.42 Å². The highest BCUT2D eigenvalue weighted by Gasteiger charge is 2.37. The number of hydrogen-bond donors (Lipinski definition) is 2. The molecule has 1 atom stereocenters. The summed E-state index contributed by atoms with van der Waals surface area (Å²) >= 11 is 0. The normalized spacial score (nSPS) is 24.2. The number of rotatable bonds is 2. The van der Waals surface area contributed by atoms with E-state index in [1.807, 2.05) is 0 Å². The smallest absolute Gasteiger partial charge is 0.193 e. The van der Waals surface area contributed by atoms with Crippen molar-refractivity contribution < 1.29 is 15.0 Å². The fourth-order valence-electron chi connectivity index (χ4n) is 1.08. The molecule has 3 nitrogen and oxygen atoms in total. The third-order valence-corrected chi connectivity index (χ3v) is 1.81. The number of carbonyl (C=O) groups is 1. The largest absolute Gasteiger partial charge is 0.362 e. The van der Waals surface area contributed by atoms with Gasteiger partial charge in [-0.25, -0.2) is 0 Å². The number of hydrogen-bond acceptors (Lipinski definition) is 3. The van der Waals surface area contributed by atoms with Crippen LogP contribution in [0.2, 0.25) is 0 Å². The molecule has 0 aliphatic heterocycles. The van der Waals surface area contributed by atoms with Gasteiger partial charge < -0.3 is 10.2 Å². The van der Waals surface area contributed by atoms with E-state index in [4.69, 9.17) is 0 Å². The molecule has 0 aromatic carbocycles. The maximum atomic E-state index is 10.9. The molecular formula is C8H10O3. The van der Waals surface area contributed by atoms with Crippen LogP contribution in [0.25, 0.3) is 0 Å². The van der Waals surface area contributed by atoms with Crippen LogP contribution in [-0.4, -0.2) is 21.8 Å². The van der Waals surface area contributed by atoms with E-state index in [-0.39, 0.29) is 5.78 Å². The second-order valence-electron chi connectivity index (χ2n) is 2.58. The standard InChI is InChI=1S/C8H10O3/c1-2-8(10,11)6-4-3-5-7(6)9/h2-3,5-6,10-11H,1,4H2. The number of allylic oxidation sites excluding steroid dienone is 2. The van der Waals surface area contributed by atoms with E-state index < -0.39 is 11.7 Å². The molecule has 0 bridgehead atoms. The van der Waals surface area contributed by atoms with Gasteiger partial charge in [0.15, 0.2) is 11.6 Å². The van der Waals surface area contributed by atoms with Gasteiger partial charge in [-0.2, -0.15) is 0 Å².